The summed E-state index contributed by atoms with van der Waals surface area (Å²) in [6.07, 6.45) is 3.61. The number of hydrogen-bond acceptors (Lipinski definition) is 1. The second kappa shape index (κ2) is 1.96. The second-order valence-electron chi connectivity index (χ2n) is 3.12. The lowest BCUT2D eigenvalue weighted by Crippen LogP contribution is -3.10. The van der Waals surface area contributed by atoms with Crippen LogP contribution in [0.4, 0.5) is 0 Å². The fraction of sp³-hybridized carbons (Fsp3) is 0.857. The van der Waals surface area contributed by atoms with Crippen LogP contribution in [0.3, 0.4) is 0 Å². The zero-order chi connectivity index (χ0) is 6.27. The highest BCUT2D eigenvalue weighted by Crippen LogP contribution is 2.19. The third-order valence-corrected chi connectivity index (χ3v) is 2.23. The molecule has 9 heavy (non-hydrogen) atoms. The number of hydrogen-bond donors (Lipinski definition) is 1. The molecule has 0 saturated carbocycles. The number of nitrogens with one attached hydrogen (secondary N) is 1. The van der Waals surface area contributed by atoms with E-state index >= 15 is 0 Å². The molecular formula is C7H13NO. The molecule has 0 aromatic heterocycles. The summed E-state index contributed by atoms with van der Waals surface area (Å²) in [6.45, 7) is 2.24. The molecule has 2 bridgehead atoms. The van der Waals surface area contributed by atoms with E-state index in [-0.39, 0.29) is 0 Å². The highest BCUT2D eigenvalue weighted by Gasteiger charge is 2.32. The number of ether oxygens (including phenoxy) is 1. The molecule has 0 amide bonds. The quantitative estimate of drug-likeness (QED) is 0.422. The maximum atomic E-state index is 5.61. The van der Waals surface area contributed by atoms with Crippen molar-refractivity contribution in [1.82, 2.24) is 0 Å². The van der Waals surface area contributed by atoms with Crippen molar-refractivity contribution in [3.05, 3.63) is 7.05 Å². The van der Waals surface area contributed by atoms with Gasteiger partial charge in [-0.1, -0.05) is 0 Å². The molecule has 1 N–H and O–H groups in total. The van der Waals surface area contributed by atoms with Crippen molar-refractivity contribution in [3.8, 4) is 0 Å². The molecule has 0 aliphatic carbocycles. The molecule has 2 aliphatic heterocycles. The van der Waals surface area contributed by atoms with E-state index in [2.05, 4.69) is 7.05 Å². The molecule has 2 atom stereocenters. The standard InChI is InChI=1S/C7H13NO/c1-8-4-6-2-3-7(5-8)9-6/h6-8H,1-5H2. The Labute approximate surface area is 55.8 Å². The first-order chi connectivity index (χ1) is 4.34. The van der Waals surface area contributed by atoms with Crippen LogP contribution in [0, 0.1) is 7.05 Å². The molecule has 0 spiro atoms. The Balaban J connectivity index is 2.03. The van der Waals surface area contributed by atoms with E-state index in [1.54, 1.807) is 0 Å². The van der Waals surface area contributed by atoms with Gasteiger partial charge >= 0.3 is 0 Å². The zero-order valence-corrected chi connectivity index (χ0v) is 5.60. The fourth-order valence-corrected chi connectivity index (χ4v) is 1.81. The smallest absolute Gasteiger partial charge is 0.105 e. The summed E-state index contributed by atoms with van der Waals surface area (Å²) >= 11 is 0. The van der Waals surface area contributed by atoms with E-state index in [1.807, 2.05) is 0 Å². The molecule has 2 nitrogen and oxygen atoms in total. The van der Waals surface area contributed by atoms with Gasteiger partial charge in [0, 0.05) is 0 Å². The molecule has 2 rings (SSSR count). The monoisotopic (exact) mass is 127 g/mol. The molecular weight excluding hydrogens is 114 g/mol. The third-order valence-electron chi connectivity index (χ3n) is 2.23. The third kappa shape index (κ3) is 0.970. The van der Waals surface area contributed by atoms with Crippen molar-refractivity contribution in [2.75, 3.05) is 13.1 Å². The lowest BCUT2D eigenvalue weighted by molar-refractivity contribution is -0.868. The topological polar surface area (TPSA) is 13.7 Å². The van der Waals surface area contributed by atoms with Gasteiger partial charge in [0.2, 0.25) is 0 Å². The summed E-state index contributed by atoms with van der Waals surface area (Å²) in [5.41, 5.74) is 0. The Kier molecular flexibility index (Phi) is 1.24. The zero-order valence-electron chi connectivity index (χ0n) is 5.60. The molecule has 2 unspecified atom stereocenters. The predicted octanol–water partition coefficient (Wildman–Crippen LogP) is -0.776. The van der Waals surface area contributed by atoms with Gasteiger partial charge in [0.15, 0.2) is 0 Å². The van der Waals surface area contributed by atoms with E-state index < -0.39 is 0 Å². The average Bonchev–Trinajstić information content (AvgIpc) is 2.11. The molecule has 52 valence electrons. The van der Waals surface area contributed by atoms with Crippen LogP contribution in [0.1, 0.15) is 12.8 Å². The van der Waals surface area contributed by atoms with Gasteiger partial charge in [0.05, 0.1) is 13.1 Å². The first kappa shape index (κ1) is 5.69. The minimum Gasteiger partial charge on any atom is -0.464 e. The van der Waals surface area contributed by atoms with Gasteiger partial charge in [-0.05, 0) is 12.8 Å². The normalized spacial score (nSPS) is 49.7. The molecule has 2 heteroatoms. The van der Waals surface area contributed by atoms with Crippen molar-refractivity contribution < 1.29 is 9.64 Å². The highest BCUT2D eigenvalue weighted by molar-refractivity contribution is 4.75. The van der Waals surface area contributed by atoms with Crippen LogP contribution >= 0.6 is 0 Å². The van der Waals surface area contributed by atoms with E-state index in [0.29, 0.717) is 12.2 Å². The van der Waals surface area contributed by atoms with Crippen molar-refractivity contribution in [3.63, 3.8) is 0 Å². The maximum absolute atomic E-state index is 5.61. The Morgan fingerprint density at radius 1 is 1.22 bits per heavy atom. The van der Waals surface area contributed by atoms with Crippen molar-refractivity contribution in [1.29, 1.82) is 0 Å². The first-order valence-corrected chi connectivity index (χ1v) is 3.67. The Morgan fingerprint density at radius 2 is 1.78 bits per heavy atom. The van der Waals surface area contributed by atoms with Crippen LogP contribution in [0.15, 0.2) is 0 Å². The fourth-order valence-electron chi connectivity index (χ4n) is 1.81. The first-order valence-electron chi connectivity index (χ1n) is 3.67. The van der Waals surface area contributed by atoms with Crippen LogP contribution in [-0.2, 0) is 4.74 Å². The van der Waals surface area contributed by atoms with Gasteiger partial charge in [-0.3, -0.25) is 0 Å². The van der Waals surface area contributed by atoms with Gasteiger partial charge in [-0.25, -0.2) is 0 Å². The number of rotatable bonds is 0. The number of fused-ring (bicyclic) bond motifs is 2. The van der Waals surface area contributed by atoms with E-state index in [9.17, 15) is 0 Å². The molecule has 2 heterocycles. The number of quaternary nitrogens is 1. The summed E-state index contributed by atoms with van der Waals surface area (Å²) in [6, 6.07) is 0. The van der Waals surface area contributed by atoms with Gasteiger partial charge < -0.3 is 9.64 Å². The summed E-state index contributed by atoms with van der Waals surface area (Å²) in [4.78, 5) is 1.40. The van der Waals surface area contributed by atoms with E-state index in [1.165, 1.54) is 17.7 Å². The summed E-state index contributed by atoms with van der Waals surface area (Å²) in [7, 11) is 3.97. The van der Waals surface area contributed by atoms with Gasteiger partial charge in [0.25, 0.3) is 0 Å². The Hall–Kier alpha value is -0.0800. The highest BCUT2D eigenvalue weighted by atomic mass is 16.5. The van der Waals surface area contributed by atoms with E-state index in [0.717, 1.165) is 13.1 Å². The Bertz CT molecular complexity index is 103. The SMILES string of the molecule is [CH2-][NH+]1CC2CCC(C1)O2. The van der Waals surface area contributed by atoms with Crippen LogP contribution in [0.2, 0.25) is 0 Å². The molecule has 0 radical (unpaired) electrons. The summed E-state index contributed by atoms with van der Waals surface area (Å²) in [5, 5.41) is 0. The van der Waals surface area contributed by atoms with Crippen molar-refractivity contribution >= 4 is 0 Å². The second-order valence-corrected chi connectivity index (χ2v) is 3.12. The lowest BCUT2D eigenvalue weighted by atomic mass is 10.2. The minimum atomic E-state index is 0.538. The van der Waals surface area contributed by atoms with Crippen molar-refractivity contribution in [2.24, 2.45) is 0 Å². The lowest BCUT2D eigenvalue weighted by Gasteiger charge is -2.30. The van der Waals surface area contributed by atoms with Crippen molar-refractivity contribution in [2.45, 2.75) is 25.0 Å². The van der Waals surface area contributed by atoms with Gasteiger partial charge in [0.1, 0.15) is 12.2 Å². The molecule has 2 aliphatic rings. The molecule has 0 aromatic carbocycles. The Morgan fingerprint density at radius 3 is 2.33 bits per heavy atom. The summed E-state index contributed by atoms with van der Waals surface area (Å²) < 4.78 is 5.61. The number of morpholine rings is 1. The van der Waals surface area contributed by atoms with Crippen LogP contribution in [0.25, 0.3) is 0 Å². The molecule has 0 aromatic rings. The molecule has 2 saturated heterocycles. The van der Waals surface area contributed by atoms with E-state index in [4.69, 9.17) is 4.74 Å². The predicted molar refractivity (Wildman–Crippen MR) is 33.9 cm³/mol. The van der Waals surface area contributed by atoms with Crippen LogP contribution in [-0.4, -0.2) is 25.3 Å². The number of likely N-dealkylation sites (tertiary alicyclic amines) is 1. The van der Waals surface area contributed by atoms with Gasteiger partial charge in [-0.2, -0.15) is 7.05 Å². The summed E-state index contributed by atoms with van der Waals surface area (Å²) in [5.74, 6) is 0. The van der Waals surface area contributed by atoms with Gasteiger partial charge in [-0.15, -0.1) is 0 Å². The van der Waals surface area contributed by atoms with Crippen LogP contribution in [0.5, 0.6) is 0 Å². The van der Waals surface area contributed by atoms with Crippen LogP contribution < -0.4 is 4.90 Å². The molecule has 2 fully saturated rings. The minimum absolute atomic E-state index is 0.538. The largest absolute Gasteiger partial charge is 0.464 e. The average molecular weight is 127 g/mol. The maximum Gasteiger partial charge on any atom is 0.105 e.